The number of hydrogen-bond acceptors (Lipinski definition) is 1. The Morgan fingerprint density at radius 3 is 2.76 bits per heavy atom. The van der Waals surface area contributed by atoms with E-state index in [4.69, 9.17) is 5.11 Å². The molecule has 0 heterocycles. The molecule has 0 aromatic rings. The average Bonchev–Trinajstić information content (AvgIpc) is 2.28. The molecule has 0 aromatic carbocycles. The topological polar surface area (TPSA) is 37.3 Å². The predicted molar refractivity (Wildman–Crippen MR) is 68.7 cm³/mol. The average molecular weight is 234 g/mol. The van der Waals surface area contributed by atoms with Crippen molar-refractivity contribution in [2.24, 2.45) is 17.3 Å². The summed E-state index contributed by atoms with van der Waals surface area (Å²) < 4.78 is 0. The van der Waals surface area contributed by atoms with E-state index in [0.717, 1.165) is 19.3 Å². The molecule has 0 spiro atoms. The largest absolute Gasteiger partial charge is 0.478 e. The third kappa shape index (κ3) is 2.31. The molecular formula is C15H22O2. The van der Waals surface area contributed by atoms with Gasteiger partial charge in [-0.05, 0) is 49.4 Å². The molecule has 0 aliphatic heterocycles. The molecule has 17 heavy (non-hydrogen) atoms. The Kier molecular flexibility index (Phi) is 3.15. The van der Waals surface area contributed by atoms with E-state index in [2.05, 4.69) is 20.4 Å². The van der Waals surface area contributed by atoms with E-state index in [1.54, 1.807) is 0 Å². The zero-order chi connectivity index (χ0) is 12.6. The number of allylic oxidation sites excluding steroid dienone is 2. The van der Waals surface area contributed by atoms with Crippen molar-refractivity contribution < 1.29 is 9.90 Å². The van der Waals surface area contributed by atoms with Gasteiger partial charge in [-0.2, -0.15) is 0 Å². The summed E-state index contributed by atoms with van der Waals surface area (Å²) >= 11 is 0. The van der Waals surface area contributed by atoms with Crippen molar-refractivity contribution >= 4 is 5.97 Å². The third-order valence-corrected chi connectivity index (χ3v) is 4.62. The van der Waals surface area contributed by atoms with Gasteiger partial charge >= 0.3 is 5.97 Å². The number of hydrogen-bond donors (Lipinski definition) is 1. The standard InChI is InChI=1S/C15H22O2/c1-10-5-4-6-11(14(16)17)7-8-13-12(10)9-15(13,2)3/h6,12-13H,1,4-5,7-9H2,2-3H3,(H,16,17)/b11-6+/t12-,13+/m0/s1. The van der Waals surface area contributed by atoms with Crippen molar-refractivity contribution in [3.05, 3.63) is 23.8 Å². The van der Waals surface area contributed by atoms with Crippen LogP contribution in [0.15, 0.2) is 23.8 Å². The fraction of sp³-hybridized carbons (Fsp3) is 0.667. The van der Waals surface area contributed by atoms with Crippen LogP contribution in [0.2, 0.25) is 0 Å². The summed E-state index contributed by atoms with van der Waals surface area (Å²) in [5.74, 6) is 0.508. The van der Waals surface area contributed by atoms with Gasteiger partial charge in [0.25, 0.3) is 0 Å². The maximum Gasteiger partial charge on any atom is 0.331 e. The van der Waals surface area contributed by atoms with E-state index in [9.17, 15) is 4.79 Å². The molecular weight excluding hydrogens is 212 g/mol. The molecule has 2 rings (SSSR count). The first-order valence-corrected chi connectivity index (χ1v) is 6.52. The Hall–Kier alpha value is -1.05. The number of carboxylic acid groups (broad SMARTS) is 1. The summed E-state index contributed by atoms with van der Waals surface area (Å²) in [6.07, 6.45) is 6.62. The summed E-state index contributed by atoms with van der Waals surface area (Å²) in [6.45, 7) is 8.79. The van der Waals surface area contributed by atoms with E-state index in [0.29, 0.717) is 29.2 Å². The minimum Gasteiger partial charge on any atom is -0.478 e. The molecule has 1 N–H and O–H groups in total. The second-order valence-electron chi connectivity index (χ2n) is 6.18. The van der Waals surface area contributed by atoms with E-state index in [1.165, 1.54) is 12.0 Å². The van der Waals surface area contributed by atoms with Crippen LogP contribution < -0.4 is 0 Å². The van der Waals surface area contributed by atoms with Crippen molar-refractivity contribution in [2.45, 2.75) is 46.0 Å². The highest BCUT2D eigenvalue weighted by Crippen LogP contribution is 2.56. The molecule has 0 amide bonds. The molecule has 2 aliphatic carbocycles. The molecule has 0 bridgehead atoms. The monoisotopic (exact) mass is 234 g/mol. The first-order chi connectivity index (χ1) is 7.92. The van der Waals surface area contributed by atoms with Gasteiger partial charge in [0.2, 0.25) is 0 Å². The molecule has 0 radical (unpaired) electrons. The Balaban J connectivity index is 2.15. The van der Waals surface area contributed by atoms with Gasteiger partial charge in [0.1, 0.15) is 0 Å². The van der Waals surface area contributed by atoms with E-state index < -0.39 is 5.97 Å². The fourth-order valence-electron chi connectivity index (χ4n) is 3.49. The quantitative estimate of drug-likeness (QED) is 0.701. The number of carbonyl (C=O) groups is 1. The molecule has 94 valence electrons. The van der Waals surface area contributed by atoms with Crippen LogP contribution in [-0.2, 0) is 4.79 Å². The summed E-state index contributed by atoms with van der Waals surface area (Å²) in [6, 6.07) is 0. The van der Waals surface area contributed by atoms with E-state index >= 15 is 0 Å². The second-order valence-corrected chi connectivity index (χ2v) is 6.18. The van der Waals surface area contributed by atoms with Crippen molar-refractivity contribution in [1.29, 1.82) is 0 Å². The molecule has 0 aromatic heterocycles. The van der Waals surface area contributed by atoms with E-state index in [1.807, 2.05) is 6.08 Å². The van der Waals surface area contributed by atoms with Gasteiger partial charge < -0.3 is 5.11 Å². The van der Waals surface area contributed by atoms with Crippen molar-refractivity contribution in [3.63, 3.8) is 0 Å². The highest BCUT2D eigenvalue weighted by molar-refractivity contribution is 5.86. The maximum absolute atomic E-state index is 11.1. The zero-order valence-electron chi connectivity index (χ0n) is 10.8. The summed E-state index contributed by atoms with van der Waals surface area (Å²) in [5, 5.41) is 9.12. The first-order valence-electron chi connectivity index (χ1n) is 6.52. The lowest BCUT2D eigenvalue weighted by molar-refractivity contribution is -0.133. The Labute approximate surface area is 103 Å². The molecule has 1 saturated carbocycles. The molecule has 0 unspecified atom stereocenters. The third-order valence-electron chi connectivity index (χ3n) is 4.62. The highest BCUT2D eigenvalue weighted by atomic mass is 16.4. The lowest BCUT2D eigenvalue weighted by atomic mass is 9.52. The highest BCUT2D eigenvalue weighted by Gasteiger charge is 2.47. The van der Waals surface area contributed by atoms with Gasteiger partial charge in [0, 0.05) is 5.57 Å². The number of fused-ring (bicyclic) bond motifs is 1. The molecule has 2 nitrogen and oxygen atoms in total. The predicted octanol–water partition coefficient (Wildman–Crippen LogP) is 3.79. The maximum atomic E-state index is 11.1. The van der Waals surface area contributed by atoms with Crippen molar-refractivity contribution in [3.8, 4) is 0 Å². The van der Waals surface area contributed by atoms with Crippen LogP contribution in [0.4, 0.5) is 0 Å². The van der Waals surface area contributed by atoms with Crippen LogP contribution in [0.25, 0.3) is 0 Å². The van der Waals surface area contributed by atoms with Gasteiger partial charge in [0.05, 0.1) is 0 Å². The molecule has 2 atom stereocenters. The second kappa shape index (κ2) is 4.32. The van der Waals surface area contributed by atoms with Crippen molar-refractivity contribution in [1.82, 2.24) is 0 Å². The van der Waals surface area contributed by atoms with Gasteiger partial charge in [-0.15, -0.1) is 0 Å². The van der Waals surface area contributed by atoms with Crippen LogP contribution in [-0.4, -0.2) is 11.1 Å². The normalized spacial score (nSPS) is 35.4. The molecule has 1 fully saturated rings. The van der Waals surface area contributed by atoms with Crippen molar-refractivity contribution in [2.75, 3.05) is 0 Å². The summed E-state index contributed by atoms with van der Waals surface area (Å²) in [7, 11) is 0. The fourth-order valence-corrected chi connectivity index (χ4v) is 3.49. The first kappa shape index (κ1) is 12.4. The summed E-state index contributed by atoms with van der Waals surface area (Å²) in [4.78, 5) is 11.1. The van der Waals surface area contributed by atoms with Crippen LogP contribution in [0, 0.1) is 17.3 Å². The van der Waals surface area contributed by atoms with E-state index in [-0.39, 0.29) is 0 Å². The van der Waals surface area contributed by atoms with Gasteiger partial charge in [-0.25, -0.2) is 4.79 Å². The van der Waals surface area contributed by atoms with Crippen LogP contribution in [0.1, 0.15) is 46.0 Å². The number of rotatable bonds is 1. The summed E-state index contributed by atoms with van der Waals surface area (Å²) in [5.41, 5.74) is 2.29. The molecule has 2 aliphatic rings. The number of aliphatic carboxylic acids is 1. The number of carboxylic acids is 1. The zero-order valence-corrected chi connectivity index (χ0v) is 10.8. The molecule has 2 heteroatoms. The Morgan fingerprint density at radius 1 is 1.47 bits per heavy atom. The van der Waals surface area contributed by atoms with Crippen LogP contribution >= 0.6 is 0 Å². The Morgan fingerprint density at radius 2 is 2.18 bits per heavy atom. The smallest absolute Gasteiger partial charge is 0.331 e. The van der Waals surface area contributed by atoms with Crippen LogP contribution in [0.3, 0.4) is 0 Å². The van der Waals surface area contributed by atoms with Crippen LogP contribution in [0.5, 0.6) is 0 Å². The minimum atomic E-state index is -0.744. The lowest BCUT2D eigenvalue weighted by Gasteiger charge is -2.53. The van der Waals surface area contributed by atoms with Gasteiger partial charge in [-0.3, -0.25) is 0 Å². The SMILES string of the molecule is C=C1CC/C=C(/C(=O)O)CC[C@@H]2[C@H]1CC2(C)C. The molecule has 0 saturated heterocycles. The van der Waals surface area contributed by atoms with Gasteiger partial charge in [-0.1, -0.05) is 32.1 Å². The Bertz CT molecular complexity index is 376. The lowest BCUT2D eigenvalue weighted by Crippen LogP contribution is -2.44. The minimum absolute atomic E-state index is 0.363. The van der Waals surface area contributed by atoms with Gasteiger partial charge in [0.15, 0.2) is 0 Å².